The zero-order valence-electron chi connectivity index (χ0n) is 12.2. The largest absolute Gasteiger partial charge is 0.463 e. The minimum atomic E-state index is 0.727. The highest BCUT2D eigenvalue weighted by atomic mass is 16.3. The van der Waals surface area contributed by atoms with Crippen molar-refractivity contribution in [2.75, 3.05) is 13.1 Å². The van der Waals surface area contributed by atoms with E-state index < -0.39 is 0 Å². The van der Waals surface area contributed by atoms with Crippen LogP contribution in [0.1, 0.15) is 43.3 Å². The minimum absolute atomic E-state index is 0.727. The van der Waals surface area contributed by atoms with E-state index in [1.165, 1.54) is 18.4 Å². The Morgan fingerprint density at radius 1 is 1.53 bits per heavy atom. The zero-order valence-corrected chi connectivity index (χ0v) is 12.2. The maximum Gasteiger partial charge on any atom is 0.120 e. The summed E-state index contributed by atoms with van der Waals surface area (Å²) in [5.41, 5.74) is 1.26. The van der Waals surface area contributed by atoms with Crippen LogP contribution in [0.15, 0.2) is 23.1 Å². The smallest absolute Gasteiger partial charge is 0.120 e. The van der Waals surface area contributed by atoms with Crippen LogP contribution >= 0.6 is 0 Å². The molecule has 3 heteroatoms. The molecule has 3 nitrogen and oxygen atoms in total. The van der Waals surface area contributed by atoms with Gasteiger partial charge in [-0.05, 0) is 44.4 Å². The molecule has 0 amide bonds. The third kappa shape index (κ3) is 4.51. The predicted molar refractivity (Wildman–Crippen MR) is 79.1 cm³/mol. The molecule has 0 radical (unpaired) electrons. The van der Waals surface area contributed by atoms with Crippen molar-refractivity contribution in [3.05, 3.63) is 35.8 Å². The van der Waals surface area contributed by atoms with Crippen LogP contribution in [0.2, 0.25) is 0 Å². The first-order valence-corrected chi connectivity index (χ1v) is 7.37. The van der Waals surface area contributed by atoms with Gasteiger partial charge in [0.05, 0.1) is 13.1 Å². The number of hydrogen-bond donors (Lipinski definition) is 1. The molecule has 1 aromatic heterocycles. The Morgan fingerprint density at radius 3 is 2.95 bits per heavy atom. The van der Waals surface area contributed by atoms with Crippen molar-refractivity contribution < 1.29 is 4.42 Å². The molecule has 0 spiro atoms. The first-order valence-electron chi connectivity index (χ1n) is 7.37. The lowest BCUT2D eigenvalue weighted by Gasteiger charge is -2.18. The monoisotopic (exact) mass is 262 g/mol. The van der Waals surface area contributed by atoms with E-state index in [0.717, 1.165) is 50.2 Å². The van der Waals surface area contributed by atoms with E-state index in [0.29, 0.717) is 0 Å². The van der Waals surface area contributed by atoms with Gasteiger partial charge in [-0.2, -0.15) is 0 Å². The normalized spacial score (nSPS) is 15.1. The van der Waals surface area contributed by atoms with Gasteiger partial charge in [0.2, 0.25) is 0 Å². The second-order valence-corrected chi connectivity index (χ2v) is 5.50. The van der Waals surface area contributed by atoms with Crippen molar-refractivity contribution in [3.63, 3.8) is 0 Å². The van der Waals surface area contributed by atoms with Crippen LogP contribution in [0.5, 0.6) is 0 Å². The lowest BCUT2D eigenvalue weighted by atomic mass is 10.2. The summed E-state index contributed by atoms with van der Waals surface area (Å²) in [6.07, 6.45) is 5.75. The molecule has 1 fully saturated rings. The summed E-state index contributed by atoms with van der Waals surface area (Å²) in [6.45, 7) is 11.9. The number of rotatable bonds is 9. The van der Waals surface area contributed by atoms with Crippen molar-refractivity contribution in [2.24, 2.45) is 0 Å². The fraction of sp³-hybridized carbons (Fsp3) is 0.625. The molecule has 0 unspecified atom stereocenters. The van der Waals surface area contributed by atoms with Crippen LogP contribution in [-0.4, -0.2) is 24.0 Å². The van der Waals surface area contributed by atoms with Crippen LogP contribution in [0.4, 0.5) is 0 Å². The van der Waals surface area contributed by atoms with Crippen LogP contribution < -0.4 is 5.32 Å². The van der Waals surface area contributed by atoms with Crippen molar-refractivity contribution >= 4 is 0 Å². The van der Waals surface area contributed by atoms with E-state index >= 15 is 0 Å². The molecule has 2 rings (SSSR count). The molecule has 1 saturated carbocycles. The van der Waals surface area contributed by atoms with E-state index in [-0.39, 0.29) is 0 Å². The van der Waals surface area contributed by atoms with E-state index in [2.05, 4.69) is 36.7 Å². The van der Waals surface area contributed by atoms with Gasteiger partial charge in [0, 0.05) is 12.6 Å². The molecule has 106 valence electrons. The highest BCUT2D eigenvalue weighted by Crippen LogP contribution is 2.21. The maximum absolute atomic E-state index is 5.98. The number of aryl methyl sites for hydroxylation is 1. The molecular weight excluding hydrogens is 236 g/mol. The molecule has 0 aliphatic heterocycles. The molecule has 1 aliphatic rings. The summed E-state index contributed by atoms with van der Waals surface area (Å²) >= 11 is 0. The lowest BCUT2D eigenvalue weighted by Crippen LogP contribution is -2.23. The fourth-order valence-corrected chi connectivity index (χ4v) is 2.32. The second-order valence-electron chi connectivity index (χ2n) is 5.50. The van der Waals surface area contributed by atoms with Crippen molar-refractivity contribution in [3.8, 4) is 0 Å². The third-order valence-electron chi connectivity index (χ3n) is 3.51. The van der Waals surface area contributed by atoms with E-state index in [1.54, 1.807) is 0 Å². The van der Waals surface area contributed by atoms with Gasteiger partial charge in [-0.25, -0.2) is 0 Å². The van der Waals surface area contributed by atoms with Gasteiger partial charge in [0.1, 0.15) is 11.5 Å². The van der Waals surface area contributed by atoms with E-state index in [1.807, 2.05) is 6.08 Å². The van der Waals surface area contributed by atoms with Gasteiger partial charge >= 0.3 is 0 Å². The average Bonchev–Trinajstić information content (AvgIpc) is 3.13. The van der Waals surface area contributed by atoms with E-state index in [9.17, 15) is 0 Å². The van der Waals surface area contributed by atoms with Gasteiger partial charge in [0.25, 0.3) is 0 Å². The van der Waals surface area contributed by atoms with Gasteiger partial charge in [-0.1, -0.05) is 13.0 Å². The van der Waals surface area contributed by atoms with Crippen molar-refractivity contribution in [1.82, 2.24) is 10.2 Å². The van der Waals surface area contributed by atoms with Crippen LogP contribution in [0, 0.1) is 6.92 Å². The fourth-order valence-electron chi connectivity index (χ4n) is 2.32. The Bertz CT molecular complexity index is 407. The zero-order chi connectivity index (χ0) is 13.7. The van der Waals surface area contributed by atoms with Crippen LogP contribution in [-0.2, 0) is 13.1 Å². The van der Waals surface area contributed by atoms with Gasteiger partial charge in [-0.3, -0.25) is 4.90 Å². The third-order valence-corrected chi connectivity index (χ3v) is 3.51. The Morgan fingerprint density at radius 2 is 2.32 bits per heavy atom. The molecule has 1 N–H and O–H groups in total. The molecule has 1 aromatic rings. The minimum Gasteiger partial charge on any atom is -0.463 e. The molecule has 19 heavy (non-hydrogen) atoms. The summed E-state index contributed by atoms with van der Waals surface area (Å²) in [7, 11) is 0. The average molecular weight is 262 g/mol. The van der Waals surface area contributed by atoms with E-state index in [4.69, 9.17) is 4.42 Å². The molecule has 1 heterocycles. The molecule has 0 bridgehead atoms. The maximum atomic E-state index is 5.98. The predicted octanol–water partition coefficient (Wildman–Crippen LogP) is 3.24. The Hall–Kier alpha value is -1.06. The summed E-state index contributed by atoms with van der Waals surface area (Å²) in [5.74, 6) is 2.16. The standard InChI is InChI=1S/C16H26N2O/c1-4-8-18(9-5-2)12-15-10-13(3)16(19-15)11-17-14-6-7-14/h4,10,14,17H,1,5-9,11-12H2,2-3H3. The number of nitrogens with one attached hydrogen (secondary N) is 1. The lowest BCUT2D eigenvalue weighted by molar-refractivity contribution is 0.264. The summed E-state index contributed by atoms with van der Waals surface area (Å²) in [6, 6.07) is 2.90. The SMILES string of the molecule is C=CCN(CCC)Cc1cc(C)c(CNC2CC2)o1. The summed E-state index contributed by atoms with van der Waals surface area (Å²) < 4.78 is 5.98. The van der Waals surface area contributed by atoms with Crippen molar-refractivity contribution in [1.29, 1.82) is 0 Å². The summed E-state index contributed by atoms with van der Waals surface area (Å²) in [4.78, 5) is 2.36. The van der Waals surface area contributed by atoms with Gasteiger partial charge < -0.3 is 9.73 Å². The van der Waals surface area contributed by atoms with Crippen LogP contribution in [0.3, 0.4) is 0 Å². The highest BCUT2D eigenvalue weighted by molar-refractivity contribution is 5.20. The molecule has 0 atom stereocenters. The second kappa shape index (κ2) is 6.92. The Labute approximate surface area is 116 Å². The molecule has 1 aliphatic carbocycles. The first-order chi connectivity index (χ1) is 9.22. The number of furan rings is 1. The highest BCUT2D eigenvalue weighted by Gasteiger charge is 2.21. The topological polar surface area (TPSA) is 28.4 Å². The Balaban J connectivity index is 1.90. The van der Waals surface area contributed by atoms with Gasteiger partial charge in [0.15, 0.2) is 0 Å². The first kappa shape index (κ1) is 14.4. The molecular formula is C16H26N2O. The quantitative estimate of drug-likeness (QED) is 0.693. The Kier molecular flexibility index (Phi) is 5.23. The number of hydrogen-bond acceptors (Lipinski definition) is 3. The summed E-state index contributed by atoms with van der Waals surface area (Å²) in [5, 5.41) is 3.51. The molecule has 0 saturated heterocycles. The molecule has 0 aromatic carbocycles. The van der Waals surface area contributed by atoms with Crippen molar-refractivity contribution in [2.45, 2.75) is 52.2 Å². The van der Waals surface area contributed by atoms with Crippen LogP contribution in [0.25, 0.3) is 0 Å². The number of nitrogens with zero attached hydrogens (tertiary/aromatic N) is 1. The van der Waals surface area contributed by atoms with Gasteiger partial charge in [-0.15, -0.1) is 6.58 Å².